The molecule has 2 N–H and O–H groups in total. The molecule has 0 spiro atoms. The Bertz CT molecular complexity index is 385. The van der Waals surface area contributed by atoms with Crippen molar-refractivity contribution in [3.63, 3.8) is 0 Å². The van der Waals surface area contributed by atoms with Crippen LogP contribution in [0.5, 0.6) is 5.75 Å². The van der Waals surface area contributed by atoms with Crippen LogP contribution in [0.3, 0.4) is 0 Å². The summed E-state index contributed by atoms with van der Waals surface area (Å²) >= 11 is 0. The molecule has 0 aliphatic carbocycles. The number of nitrogens with one attached hydrogen (secondary N) is 1. The van der Waals surface area contributed by atoms with E-state index in [9.17, 15) is 18.3 Å². The van der Waals surface area contributed by atoms with Crippen molar-refractivity contribution >= 4 is 0 Å². The lowest BCUT2D eigenvalue weighted by Crippen LogP contribution is -2.18. The van der Waals surface area contributed by atoms with Gasteiger partial charge in [-0.15, -0.1) is 0 Å². The van der Waals surface area contributed by atoms with E-state index in [0.29, 0.717) is 6.07 Å². The minimum atomic E-state index is -1.40. The lowest BCUT2D eigenvalue weighted by atomic mass is 10.1. The first-order valence-electron chi connectivity index (χ1n) is 4.57. The molecule has 1 rings (SSSR count). The van der Waals surface area contributed by atoms with Gasteiger partial charge in [-0.1, -0.05) is 0 Å². The van der Waals surface area contributed by atoms with Crippen LogP contribution in [-0.2, 0) is 0 Å². The Morgan fingerprint density at radius 3 is 2.50 bits per heavy atom. The smallest absolute Gasteiger partial charge is 0.203 e. The summed E-state index contributed by atoms with van der Waals surface area (Å²) in [5, 5.41) is 12.1. The molecule has 1 aromatic rings. The van der Waals surface area contributed by atoms with Crippen molar-refractivity contribution in [1.29, 1.82) is 0 Å². The molecule has 0 saturated carbocycles. The SMILES string of the molecule is CNCC(O)c1cc(F)c(F)c(OC)c1F. The lowest BCUT2D eigenvalue weighted by molar-refractivity contribution is 0.170. The first-order chi connectivity index (χ1) is 7.52. The summed E-state index contributed by atoms with van der Waals surface area (Å²) in [5.74, 6) is -4.59. The van der Waals surface area contributed by atoms with Crippen LogP contribution in [0.15, 0.2) is 6.07 Å². The van der Waals surface area contributed by atoms with Crippen LogP contribution in [0.1, 0.15) is 11.7 Å². The van der Waals surface area contributed by atoms with Gasteiger partial charge in [-0.05, 0) is 13.1 Å². The molecule has 0 radical (unpaired) electrons. The largest absolute Gasteiger partial charge is 0.491 e. The zero-order valence-corrected chi connectivity index (χ0v) is 8.85. The molecular formula is C10H12F3NO2. The van der Waals surface area contributed by atoms with Crippen LogP contribution >= 0.6 is 0 Å². The number of aliphatic hydroxyl groups excluding tert-OH is 1. The van der Waals surface area contributed by atoms with E-state index in [1.165, 1.54) is 7.05 Å². The second-order valence-corrected chi connectivity index (χ2v) is 3.18. The van der Waals surface area contributed by atoms with Crippen LogP contribution in [0.2, 0.25) is 0 Å². The number of ether oxygens (including phenoxy) is 1. The number of hydrogen-bond acceptors (Lipinski definition) is 3. The van der Waals surface area contributed by atoms with E-state index >= 15 is 0 Å². The Kier molecular flexibility index (Phi) is 4.14. The zero-order chi connectivity index (χ0) is 12.3. The Labute approximate surface area is 90.8 Å². The third-order valence-corrected chi connectivity index (χ3v) is 2.10. The molecule has 6 heteroatoms. The van der Waals surface area contributed by atoms with Gasteiger partial charge < -0.3 is 15.2 Å². The Morgan fingerprint density at radius 2 is 2.00 bits per heavy atom. The minimum absolute atomic E-state index is 0.0190. The minimum Gasteiger partial charge on any atom is -0.491 e. The fraction of sp³-hybridized carbons (Fsp3) is 0.400. The molecule has 1 aromatic carbocycles. The molecule has 1 atom stereocenters. The molecule has 16 heavy (non-hydrogen) atoms. The second-order valence-electron chi connectivity index (χ2n) is 3.18. The van der Waals surface area contributed by atoms with Gasteiger partial charge in [-0.2, -0.15) is 4.39 Å². The maximum atomic E-state index is 13.6. The predicted octanol–water partition coefficient (Wildman–Crippen LogP) is 1.37. The summed E-state index contributed by atoms with van der Waals surface area (Å²) in [4.78, 5) is 0. The number of aliphatic hydroxyl groups is 1. The van der Waals surface area contributed by atoms with E-state index in [1.807, 2.05) is 0 Å². The number of benzene rings is 1. The van der Waals surface area contributed by atoms with Gasteiger partial charge in [0.2, 0.25) is 5.82 Å². The highest BCUT2D eigenvalue weighted by atomic mass is 19.2. The third-order valence-electron chi connectivity index (χ3n) is 2.10. The van der Waals surface area contributed by atoms with E-state index in [4.69, 9.17) is 0 Å². The average molecular weight is 235 g/mol. The molecule has 0 heterocycles. The van der Waals surface area contributed by atoms with Gasteiger partial charge in [0, 0.05) is 12.1 Å². The van der Waals surface area contributed by atoms with E-state index in [2.05, 4.69) is 10.1 Å². The number of rotatable bonds is 4. The molecule has 1 unspecified atom stereocenters. The van der Waals surface area contributed by atoms with E-state index < -0.39 is 29.3 Å². The van der Waals surface area contributed by atoms with Gasteiger partial charge in [0.15, 0.2) is 17.4 Å². The van der Waals surface area contributed by atoms with Crippen LogP contribution in [-0.4, -0.2) is 25.8 Å². The van der Waals surface area contributed by atoms with Crippen molar-refractivity contribution in [2.45, 2.75) is 6.10 Å². The van der Waals surface area contributed by atoms with Gasteiger partial charge in [0.25, 0.3) is 0 Å². The van der Waals surface area contributed by atoms with Gasteiger partial charge in [-0.3, -0.25) is 0 Å². The van der Waals surface area contributed by atoms with Gasteiger partial charge >= 0.3 is 0 Å². The van der Waals surface area contributed by atoms with Crippen molar-refractivity contribution < 1.29 is 23.0 Å². The standard InChI is InChI=1S/C10H12F3NO2/c1-14-4-7(15)5-3-6(11)9(13)10(16-2)8(5)12/h3,7,14-15H,4H2,1-2H3. The van der Waals surface area contributed by atoms with Crippen LogP contribution in [0, 0.1) is 17.5 Å². The quantitative estimate of drug-likeness (QED) is 0.774. The molecule has 0 aromatic heterocycles. The highest BCUT2D eigenvalue weighted by Crippen LogP contribution is 2.29. The molecule has 0 amide bonds. The molecule has 0 aliphatic heterocycles. The summed E-state index contributed by atoms with van der Waals surface area (Å²) in [6.45, 7) is 0.0190. The highest BCUT2D eigenvalue weighted by molar-refractivity contribution is 5.35. The van der Waals surface area contributed by atoms with Crippen LogP contribution in [0.4, 0.5) is 13.2 Å². The lowest BCUT2D eigenvalue weighted by Gasteiger charge is -2.14. The highest BCUT2D eigenvalue weighted by Gasteiger charge is 2.23. The summed E-state index contributed by atoms with van der Waals surface area (Å²) in [6.07, 6.45) is -1.27. The first kappa shape index (κ1) is 12.8. The predicted molar refractivity (Wildman–Crippen MR) is 51.8 cm³/mol. The fourth-order valence-corrected chi connectivity index (χ4v) is 1.32. The Hall–Kier alpha value is -1.27. The summed E-state index contributed by atoms with van der Waals surface area (Å²) < 4.78 is 44.1. The van der Waals surface area contributed by atoms with Gasteiger partial charge in [0.05, 0.1) is 13.2 Å². The maximum Gasteiger partial charge on any atom is 0.203 e. The van der Waals surface area contributed by atoms with E-state index in [1.54, 1.807) is 0 Å². The van der Waals surface area contributed by atoms with Crippen molar-refractivity contribution in [2.24, 2.45) is 0 Å². The van der Waals surface area contributed by atoms with Crippen molar-refractivity contribution in [1.82, 2.24) is 5.32 Å². The molecule has 0 saturated heterocycles. The topological polar surface area (TPSA) is 41.5 Å². The van der Waals surface area contributed by atoms with Crippen molar-refractivity contribution in [3.05, 3.63) is 29.1 Å². The Balaban J connectivity index is 3.25. The van der Waals surface area contributed by atoms with E-state index in [0.717, 1.165) is 7.11 Å². The summed E-state index contributed by atoms with van der Waals surface area (Å²) in [6, 6.07) is 0.620. The van der Waals surface area contributed by atoms with Crippen LogP contribution in [0.25, 0.3) is 0 Å². The van der Waals surface area contributed by atoms with Crippen molar-refractivity contribution in [3.8, 4) is 5.75 Å². The molecule has 90 valence electrons. The number of methoxy groups -OCH3 is 1. The van der Waals surface area contributed by atoms with Gasteiger partial charge in [-0.25, -0.2) is 8.78 Å². The molecule has 0 aliphatic rings. The zero-order valence-electron chi connectivity index (χ0n) is 8.85. The average Bonchev–Trinajstić information content (AvgIpc) is 2.24. The normalized spacial score (nSPS) is 12.6. The van der Waals surface area contributed by atoms with Crippen molar-refractivity contribution in [2.75, 3.05) is 20.7 Å². The monoisotopic (exact) mass is 235 g/mol. The second kappa shape index (κ2) is 5.18. The first-order valence-corrected chi connectivity index (χ1v) is 4.57. The molecule has 0 fully saturated rings. The maximum absolute atomic E-state index is 13.6. The molecule has 0 bridgehead atoms. The summed E-state index contributed by atoms with van der Waals surface area (Å²) in [7, 11) is 2.56. The van der Waals surface area contributed by atoms with Crippen LogP contribution < -0.4 is 10.1 Å². The third kappa shape index (κ3) is 2.28. The summed E-state index contributed by atoms with van der Waals surface area (Å²) in [5.41, 5.74) is -0.342. The van der Waals surface area contributed by atoms with E-state index in [-0.39, 0.29) is 12.1 Å². The molecular weight excluding hydrogens is 223 g/mol. The Morgan fingerprint density at radius 1 is 1.38 bits per heavy atom. The van der Waals surface area contributed by atoms with Gasteiger partial charge in [0.1, 0.15) is 0 Å². The fourth-order valence-electron chi connectivity index (χ4n) is 1.32. The number of likely N-dealkylation sites (N-methyl/N-ethyl adjacent to an activating group) is 1. The number of halogens is 3. The number of hydrogen-bond donors (Lipinski definition) is 2. The molecule has 3 nitrogen and oxygen atoms in total.